The zero-order valence-electron chi connectivity index (χ0n) is 9.76. The van der Waals surface area contributed by atoms with E-state index in [0.717, 1.165) is 5.52 Å². The van der Waals surface area contributed by atoms with Crippen molar-refractivity contribution in [3.63, 3.8) is 0 Å². The van der Waals surface area contributed by atoms with Gasteiger partial charge in [0.15, 0.2) is 0 Å². The van der Waals surface area contributed by atoms with Crippen LogP contribution in [0.15, 0.2) is 36.7 Å². The summed E-state index contributed by atoms with van der Waals surface area (Å²) in [6, 6.07) is 6.79. The van der Waals surface area contributed by atoms with Crippen molar-refractivity contribution in [2.24, 2.45) is 0 Å². The molecule has 0 unspecified atom stereocenters. The summed E-state index contributed by atoms with van der Waals surface area (Å²) in [5.74, 6) is 0.0593. The van der Waals surface area contributed by atoms with Gasteiger partial charge >= 0.3 is 0 Å². The Hall–Kier alpha value is -2.43. The molecule has 0 aliphatic rings. The van der Waals surface area contributed by atoms with Gasteiger partial charge in [-0.2, -0.15) is 0 Å². The number of halogens is 1. The van der Waals surface area contributed by atoms with Gasteiger partial charge in [0.2, 0.25) is 5.95 Å². The van der Waals surface area contributed by atoms with Crippen LogP contribution in [0.1, 0.15) is 5.56 Å². The fraction of sp³-hybridized carbons (Fsp3) is 0.0769. The van der Waals surface area contributed by atoms with E-state index in [-0.39, 0.29) is 5.82 Å². The van der Waals surface area contributed by atoms with E-state index in [9.17, 15) is 4.39 Å². The Kier molecular flexibility index (Phi) is 2.26. The van der Waals surface area contributed by atoms with Crippen LogP contribution in [0.5, 0.6) is 0 Å². The smallest absolute Gasteiger partial charge is 0.205 e. The number of pyridine rings is 1. The molecule has 2 aromatic heterocycles. The van der Waals surface area contributed by atoms with Gasteiger partial charge in [0.1, 0.15) is 11.3 Å². The number of imidazole rings is 1. The molecule has 18 heavy (non-hydrogen) atoms. The van der Waals surface area contributed by atoms with Crippen molar-refractivity contribution < 1.29 is 4.39 Å². The molecule has 0 amide bonds. The minimum atomic E-state index is -0.261. The number of anilines is 1. The molecule has 0 saturated heterocycles. The Balaban J connectivity index is 2.30. The van der Waals surface area contributed by atoms with Crippen LogP contribution in [0.2, 0.25) is 0 Å². The quantitative estimate of drug-likeness (QED) is 0.713. The minimum absolute atomic E-state index is 0.261. The highest BCUT2D eigenvalue weighted by Crippen LogP contribution is 2.23. The number of nitrogens with two attached hydrogens (primary N) is 1. The lowest BCUT2D eigenvalue weighted by atomic mass is 10.2. The van der Waals surface area contributed by atoms with E-state index in [4.69, 9.17) is 5.73 Å². The average Bonchev–Trinajstić information content (AvgIpc) is 2.69. The van der Waals surface area contributed by atoms with Crippen LogP contribution >= 0.6 is 0 Å². The number of hydrogen-bond acceptors (Lipinski definition) is 3. The first-order valence-corrected chi connectivity index (χ1v) is 5.51. The maximum atomic E-state index is 13.6. The second kappa shape index (κ2) is 3.80. The summed E-state index contributed by atoms with van der Waals surface area (Å²) in [5.41, 5.74) is 8.63. The SMILES string of the molecule is Cc1ccc(-n2c(N)nc3cnccc32)cc1F. The molecule has 0 aliphatic carbocycles. The second-order valence-electron chi connectivity index (χ2n) is 4.10. The van der Waals surface area contributed by atoms with E-state index in [0.29, 0.717) is 22.7 Å². The van der Waals surface area contributed by atoms with Crippen molar-refractivity contribution >= 4 is 17.0 Å². The second-order valence-corrected chi connectivity index (χ2v) is 4.10. The zero-order chi connectivity index (χ0) is 12.7. The summed E-state index contributed by atoms with van der Waals surface area (Å²) >= 11 is 0. The van der Waals surface area contributed by atoms with Crippen LogP contribution in [0.4, 0.5) is 10.3 Å². The maximum Gasteiger partial charge on any atom is 0.205 e. The third kappa shape index (κ3) is 1.52. The maximum absolute atomic E-state index is 13.6. The Morgan fingerprint density at radius 1 is 1.28 bits per heavy atom. The fourth-order valence-corrected chi connectivity index (χ4v) is 1.94. The molecule has 0 saturated carbocycles. The van der Waals surface area contributed by atoms with Gasteiger partial charge in [-0.25, -0.2) is 9.37 Å². The molecule has 0 radical (unpaired) electrons. The zero-order valence-corrected chi connectivity index (χ0v) is 9.76. The Morgan fingerprint density at radius 3 is 2.89 bits per heavy atom. The molecular weight excluding hydrogens is 231 g/mol. The standard InChI is InChI=1S/C13H11FN4/c1-8-2-3-9(6-10(8)14)18-12-4-5-16-7-11(12)17-13(18)15/h2-7H,1H3,(H2,15,17). The highest BCUT2D eigenvalue weighted by atomic mass is 19.1. The molecular formula is C13H11FN4. The predicted molar refractivity (Wildman–Crippen MR) is 68.0 cm³/mol. The first-order valence-electron chi connectivity index (χ1n) is 5.51. The van der Waals surface area contributed by atoms with Crippen LogP contribution in [-0.4, -0.2) is 14.5 Å². The Bertz CT molecular complexity index is 733. The van der Waals surface area contributed by atoms with Crippen molar-refractivity contribution in [3.8, 4) is 5.69 Å². The Labute approximate surface area is 103 Å². The Morgan fingerprint density at radius 2 is 2.11 bits per heavy atom. The molecule has 0 spiro atoms. The molecule has 0 aliphatic heterocycles. The summed E-state index contributed by atoms with van der Waals surface area (Å²) < 4.78 is 15.3. The summed E-state index contributed by atoms with van der Waals surface area (Å²) in [7, 11) is 0. The molecule has 1 aromatic carbocycles. The van der Waals surface area contributed by atoms with Gasteiger partial charge < -0.3 is 5.73 Å². The number of nitrogens with zero attached hydrogens (tertiary/aromatic N) is 3. The lowest BCUT2D eigenvalue weighted by Gasteiger charge is -2.07. The number of hydrogen-bond donors (Lipinski definition) is 1. The molecule has 2 heterocycles. The van der Waals surface area contributed by atoms with Crippen LogP contribution in [0.3, 0.4) is 0 Å². The number of nitrogen functional groups attached to an aromatic ring is 1. The van der Waals surface area contributed by atoms with Crippen molar-refractivity contribution in [2.45, 2.75) is 6.92 Å². The van der Waals surface area contributed by atoms with Crippen LogP contribution in [0, 0.1) is 12.7 Å². The van der Waals surface area contributed by atoms with E-state index >= 15 is 0 Å². The minimum Gasteiger partial charge on any atom is -0.369 e. The van der Waals surface area contributed by atoms with Crippen LogP contribution < -0.4 is 5.73 Å². The highest BCUT2D eigenvalue weighted by molar-refractivity contribution is 5.79. The number of aromatic nitrogens is 3. The number of rotatable bonds is 1. The number of fused-ring (bicyclic) bond motifs is 1. The first kappa shape index (κ1) is 10.7. The molecule has 0 bridgehead atoms. The molecule has 2 N–H and O–H groups in total. The third-order valence-electron chi connectivity index (χ3n) is 2.90. The monoisotopic (exact) mass is 242 g/mol. The number of benzene rings is 1. The van der Waals surface area contributed by atoms with Gasteiger partial charge in [0.25, 0.3) is 0 Å². The molecule has 90 valence electrons. The van der Waals surface area contributed by atoms with Gasteiger partial charge in [-0.1, -0.05) is 6.07 Å². The molecule has 4 nitrogen and oxygen atoms in total. The molecule has 0 atom stereocenters. The van der Waals surface area contributed by atoms with Crippen molar-refractivity contribution in [1.29, 1.82) is 0 Å². The summed E-state index contributed by atoms with van der Waals surface area (Å²) in [6.45, 7) is 1.72. The van der Waals surface area contributed by atoms with E-state index in [2.05, 4.69) is 9.97 Å². The lowest BCUT2D eigenvalue weighted by Crippen LogP contribution is -2.01. The van der Waals surface area contributed by atoms with Crippen molar-refractivity contribution in [3.05, 3.63) is 48.0 Å². The summed E-state index contributed by atoms with van der Waals surface area (Å²) in [4.78, 5) is 8.18. The molecule has 3 rings (SSSR count). The van der Waals surface area contributed by atoms with Crippen molar-refractivity contribution in [2.75, 3.05) is 5.73 Å². The molecule has 3 aromatic rings. The van der Waals surface area contributed by atoms with E-state index in [1.54, 1.807) is 36.0 Å². The van der Waals surface area contributed by atoms with Crippen LogP contribution in [-0.2, 0) is 0 Å². The van der Waals surface area contributed by atoms with Gasteiger partial charge in [0.05, 0.1) is 17.4 Å². The molecule has 0 fully saturated rings. The average molecular weight is 242 g/mol. The fourth-order valence-electron chi connectivity index (χ4n) is 1.94. The largest absolute Gasteiger partial charge is 0.369 e. The summed E-state index contributed by atoms with van der Waals surface area (Å²) in [5, 5.41) is 0. The normalized spacial score (nSPS) is 11.0. The predicted octanol–water partition coefficient (Wildman–Crippen LogP) is 2.45. The van der Waals surface area contributed by atoms with E-state index < -0.39 is 0 Å². The van der Waals surface area contributed by atoms with E-state index in [1.807, 2.05) is 6.07 Å². The third-order valence-corrected chi connectivity index (χ3v) is 2.90. The summed E-state index contributed by atoms with van der Waals surface area (Å²) in [6.07, 6.45) is 3.29. The highest BCUT2D eigenvalue weighted by Gasteiger charge is 2.10. The molecule has 5 heteroatoms. The van der Waals surface area contributed by atoms with Crippen molar-refractivity contribution in [1.82, 2.24) is 14.5 Å². The number of aryl methyl sites for hydroxylation is 1. The first-order chi connectivity index (χ1) is 8.66. The van der Waals surface area contributed by atoms with Gasteiger partial charge in [-0.05, 0) is 30.7 Å². The van der Waals surface area contributed by atoms with E-state index in [1.165, 1.54) is 6.07 Å². The van der Waals surface area contributed by atoms with Crippen LogP contribution in [0.25, 0.3) is 16.7 Å². The van der Waals surface area contributed by atoms with Gasteiger partial charge in [0, 0.05) is 6.20 Å². The van der Waals surface area contributed by atoms with Gasteiger partial charge in [-0.15, -0.1) is 0 Å². The lowest BCUT2D eigenvalue weighted by molar-refractivity contribution is 0.617. The topological polar surface area (TPSA) is 56.7 Å². The van der Waals surface area contributed by atoms with Gasteiger partial charge in [-0.3, -0.25) is 9.55 Å².